The van der Waals surface area contributed by atoms with E-state index in [0.717, 1.165) is 31.3 Å². The molecule has 1 heterocycles. The first-order valence-electron chi connectivity index (χ1n) is 9.67. The largest absolute Gasteiger partial charge is 0.478 e. The molecule has 0 radical (unpaired) electrons. The van der Waals surface area contributed by atoms with Crippen LogP contribution in [0.15, 0.2) is 48.5 Å². The molecule has 180 valence electrons. The Balaban J connectivity index is 1.88. The summed E-state index contributed by atoms with van der Waals surface area (Å²) in [7, 11) is 1.01. The second-order valence-electron chi connectivity index (χ2n) is 7.35. The van der Waals surface area contributed by atoms with Gasteiger partial charge in [0.2, 0.25) is 0 Å². The van der Waals surface area contributed by atoms with Crippen LogP contribution in [0.4, 0.5) is 26.3 Å². The van der Waals surface area contributed by atoms with E-state index in [9.17, 15) is 35.9 Å². The van der Waals surface area contributed by atoms with E-state index in [0.29, 0.717) is 10.2 Å². The molecule has 0 saturated heterocycles. The number of hydrogen-bond donors (Lipinski definition) is 2. The maximum Gasteiger partial charge on any atom is 0.433 e. The van der Waals surface area contributed by atoms with Crippen molar-refractivity contribution in [1.29, 1.82) is 0 Å². The number of carboxylic acids is 1. The van der Waals surface area contributed by atoms with E-state index in [2.05, 4.69) is 10.4 Å². The lowest BCUT2D eigenvalue weighted by Gasteiger charge is -2.12. The summed E-state index contributed by atoms with van der Waals surface area (Å²) in [6, 6.07) is 9.18. The van der Waals surface area contributed by atoms with Crippen LogP contribution in [0.5, 0.6) is 0 Å². The van der Waals surface area contributed by atoms with E-state index in [-0.39, 0.29) is 29.8 Å². The number of nitrogens with zero attached hydrogens (tertiary/aromatic N) is 2. The Bertz CT molecular complexity index is 1200. The van der Waals surface area contributed by atoms with Gasteiger partial charge in [0, 0.05) is 20.0 Å². The fourth-order valence-corrected chi connectivity index (χ4v) is 3.31. The Kier molecular flexibility index (Phi) is 6.71. The molecule has 3 aromatic rings. The predicted octanol–water partition coefficient (Wildman–Crippen LogP) is 4.68. The number of carbonyl (C=O) groups is 2. The lowest BCUT2D eigenvalue weighted by molar-refractivity contribution is -0.144. The number of aromatic nitrogens is 2. The molecule has 6 nitrogen and oxygen atoms in total. The van der Waals surface area contributed by atoms with Crippen LogP contribution in [0.3, 0.4) is 0 Å². The molecule has 0 aliphatic rings. The molecule has 2 N–H and O–H groups in total. The van der Waals surface area contributed by atoms with E-state index >= 15 is 0 Å². The van der Waals surface area contributed by atoms with Crippen LogP contribution < -0.4 is 5.32 Å². The lowest BCUT2D eigenvalue weighted by atomic mass is 10.0. The highest BCUT2D eigenvalue weighted by Crippen LogP contribution is 2.34. The topological polar surface area (TPSA) is 84.2 Å². The monoisotopic (exact) mass is 485 g/mol. The molecule has 0 atom stereocenters. The highest BCUT2D eigenvalue weighted by atomic mass is 19.4. The van der Waals surface area contributed by atoms with Gasteiger partial charge in [0.05, 0.1) is 22.4 Å². The van der Waals surface area contributed by atoms with E-state index in [1.54, 1.807) is 0 Å². The van der Waals surface area contributed by atoms with Gasteiger partial charge in [0.25, 0.3) is 5.91 Å². The highest BCUT2D eigenvalue weighted by molar-refractivity contribution is 5.97. The van der Waals surface area contributed by atoms with Crippen molar-refractivity contribution >= 4 is 11.9 Å². The molecule has 0 aliphatic carbocycles. The number of benzene rings is 2. The molecule has 34 heavy (non-hydrogen) atoms. The minimum Gasteiger partial charge on any atom is -0.478 e. The summed E-state index contributed by atoms with van der Waals surface area (Å²) in [6.07, 6.45) is -9.80. The smallest absolute Gasteiger partial charge is 0.433 e. The zero-order valence-corrected chi connectivity index (χ0v) is 17.5. The standard InChI is InChI=1S/C22H17F6N3O3/c1-31-18(22(26,27)28)17(19(32)29-11-13-2-6-14(7-3-13)20(33)34)16(30-31)10-12-4-8-15(9-5-12)21(23,24)25/h2-9H,10-11H2,1H3,(H,29,32)(H,33,34). The summed E-state index contributed by atoms with van der Waals surface area (Å²) in [5.74, 6) is -2.24. The minimum atomic E-state index is -4.92. The van der Waals surface area contributed by atoms with Gasteiger partial charge < -0.3 is 10.4 Å². The third kappa shape index (κ3) is 5.56. The van der Waals surface area contributed by atoms with Crippen molar-refractivity contribution in [2.45, 2.75) is 25.3 Å². The number of nitrogens with one attached hydrogen (secondary N) is 1. The maximum absolute atomic E-state index is 13.7. The van der Waals surface area contributed by atoms with Gasteiger partial charge in [-0.1, -0.05) is 24.3 Å². The van der Waals surface area contributed by atoms with Gasteiger partial charge in [0.1, 0.15) is 0 Å². The predicted molar refractivity (Wildman–Crippen MR) is 107 cm³/mol. The van der Waals surface area contributed by atoms with Gasteiger partial charge in [-0.25, -0.2) is 4.79 Å². The molecule has 0 bridgehead atoms. The second kappa shape index (κ2) is 9.20. The van der Waals surface area contributed by atoms with Crippen molar-refractivity contribution < 1.29 is 41.0 Å². The average molecular weight is 485 g/mol. The van der Waals surface area contributed by atoms with E-state index < -0.39 is 41.0 Å². The summed E-state index contributed by atoms with van der Waals surface area (Å²) in [4.78, 5) is 23.7. The Morgan fingerprint density at radius 2 is 1.47 bits per heavy atom. The number of carboxylic acid groups (broad SMARTS) is 1. The molecule has 0 fully saturated rings. The van der Waals surface area contributed by atoms with Crippen molar-refractivity contribution in [2.24, 2.45) is 7.05 Å². The SMILES string of the molecule is Cn1nc(Cc2ccc(C(F)(F)F)cc2)c(C(=O)NCc2ccc(C(=O)O)cc2)c1C(F)(F)F. The highest BCUT2D eigenvalue weighted by Gasteiger charge is 2.41. The molecule has 0 saturated carbocycles. The molecule has 0 unspecified atom stereocenters. The molecule has 1 amide bonds. The number of alkyl halides is 6. The average Bonchev–Trinajstić information content (AvgIpc) is 3.08. The van der Waals surface area contributed by atoms with Crippen LogP contribution >= 0.6 is 0 Å². The van der Waals surface area contributed by atoms with Crippen molar-refractivity contribution in [1.82, 2.24) is 15.1 Å². The number of aromatic carboxylic acids is 1. The van der Waals surface area contributed by atoms with Gasteiger partial charge in [0.15, 0.2) is 5.69 Å². The molecular weight excluding hydrogens is 468 g/mol. The Hall–Kier alpha value is -3.83. The first-order chi connectivity index (χ1) is 15.8. The molecular formula is C22H17F6N3O3. The van der Waals surface area contributed by atoms with Gasteiger partial charge in [-0.3, -0.25) is 9.48 Å². The van der Waals surface area contributed by atoms with Crippen molar-refractivity contribution in [3.05, 3.63) is 87.7 Å². The van der Waals surface area contributed by atoms with Gasteiger partial charge in [-0.2, -0.15) is 31.4 Å². The van der Waals surface area contributed by atoms with Crippen molar-refractivity contribution in [3.63, 3.8) is 0 Å². The van der Waals surface area contributed by atoms with Crippen LogP contribution in [0.2, 0.25) is 0 Å². The zero-order valence-electron chi connectivity index (χ0n) is 17.5. The number of amides is 1. The summed E-state index contributed by atoms with van der Waals surface area (Å²) >= 11 is 0. The fraction of sp³-hybridized carbons (Fsp3) is 0.227. The van der Waals surface area contributed by atoms with Crippen LogP contribution in [0, 0.1) is 0 Å². The number of hydrogen-bond acceptors (Lipinski definition) is 3. The van der Waals surface area contributed by atoms with Crippen molar-refractivity contribution in [2.75, 3.05) is 0 Å². The third-order valence-electron chi connectivity index (χ3n) is 4.92. The molecule has 12 heteroatoms. The minimum absolute atomic E-state index is 0.000483. The van der Waals surface area contributed by atoms with Crippen LogP contribution in [-0.4, -0.2) is 26.8 Å². The first-order valence-corrected chi connectivity index (χ1v) is 9.67. The number of rotatable bonds is 6. The Labute approximate surface area is 188 Å². The van der Waals surface area contributed by atoms with E-state index in [4.69, 9.17) is 5.11 Å². The van der Waals surface area contributed by atoms with Gasteiger partial charge in [-0.15, -0.1) is 0 Å². The molecule has 3 rings (SSSR count). The number of carbonyl (C=O) groups excluding carboxylic acids is 1. The zero-order chi connectivity index (χ0) is 25.3. The Morgan fingerprint density at radius 3 is 1.97 bits per heavy atom. The summed E-state index contributed by atoms with van der Waals surface area (Å²) in [6.45, 7) is -0.190. The van der Waals surface area contributed by atoms with Crippen molar-refractivity contribution in [3.8, 4) is 0 Å². The number of halogens is 6. The van der Waals surface area contributed by atoms with Gasteiger partial charge in [-0.05, 0) is 35.4 Å². The second-order valence-corrected chi connectivity index (χ2v) is 7.35. The number of aryl methyl sites for hydroxylation is 1. The molecule has 0 spiro atoms. The quantitative estimate of drug-likeness (QED) is 0.497. The first kappa shape index (κ1) is 24.8. The summed E-state index contributed by atoms with van der Waals surface area (Å²) in [5, 5.41) is 15.1. The van der Waals surface area contributed by atoms with E-state index in [1.165, 1.54) is 24.3 Å². The van der Waals surface area contributed by atoms with E-state index in [1.807, 2.05) is 0 Å². The van der Waals surface area contributed by atoms with Crippen LogP contribution in [-0.2, 0) is 32.4 Å². The Morgan fingerprint density at radius 1 is 0.912 bits per heavy atom. The maximum atomic E-state index is 13.7. The molecule has 0 aliphatic heterocycles. The van der Waals surface area contributed by atoms with Crippen LogP contribution in [0.1, 0.15) is 48.8 Å². The molecule has 1 aromatic heterocycles. The molecule has 2 aromatic carbocycles. The van der Waals surface area contributed by atoms with Gasteiger partial charge >= 0.3 is 18.3 Å². The van der Waals surface area contributed by atoms with Crippen LogP contribution in [0.25, 0.3) is 0 Å². The normalized spacial score (nSPS) is 12.0. The summed E-state index contributed by atoms with van der Waals surface area (Å²) < 4.78 is 79.8. The summed E-state index contributed by atoms with van der Waals surface area (Å²) in [5.41, 5.74) is -2.53. The lowest BCUT2D eigenvalue weighted by Crippen LogP contribution is -2.27. The third-order valence-corrected chi connectivity index (χ3v) is 4.92. The fourth-order valence-electron chi connectivity index (χ4n) is 3.31.